The Bertz CT molecular complexity index is 692. The zero-order valence-corrected chi connectivity index (χ0v) is 18.5. The van der Waals surface area contributed by atoms with Crippen LogP contribution in [-0.4, -0.2) is 73.7 Å². The molecule has 10 heteroatoms. The summed E-state index contributed by atoms with van der Waals surface area (Å²) in [5, 5.41) is 9.84. The second-order valence-electron chi connectivity index (χ2n) is 9.27. The molecule has 6 unspecified atom stereocenters. The molecule has 0 spiro atoms. The lowest BCUT2D eigenvalue weighted by molar-refractivity contribution is -0.174. The van der Waals surface area contributed by atoms with Gasteiger partial charge in [0.05, 0.1) is 24.0 Å². The zero-order chi connectivity index (χ0) is 22.8. The van der Waals surface area contributed by atoms with Gasteiger partial charge >= 0.3 is 18.1 Å². The van der Waals surface area contributed by atoms with Gasteiger partial charge in [0.2, 0.25) is 0 Å². The molecular formula is C21H32O10. The Kier molecular flexibility index (Phi) is 7.12. The van der Waals surface area contributed by atoms with Gasteiger partial charge in [-0.15, -0.1) is 0 Å². The van der Waals surface area contributed by atoms with E-state index in [2.05, 4.69) is 4.74 Å². The van der Waals surface area contributed by atoms with Crippen molar-refractivity contribution in [3.05, 3.63) is 0 Å². The van der Waals surface area contributed by atoms with E-state index in [1.54, 1.807) is 13.8 Å². The lowest BCUT2D eigenvalue weighted by atomic mass is 9.79. The number of carbonyl (C=O) groups excluding carboxylic acids is 3. The summed E-state index contributed by atoms with van der Waals surface area (Å²) in [6.07, 6.45) is -1.87. The van der Waals surface area contributed by atoms with Gasteiger partial charge in [-0.05, 0) is 40.0 Å². The molecule has 0 aromatic heterocycles. The van der Waals surface area contributed by atoms with Gasteiger partial charge < -0.3 is 33.5 Å². The first-order chi connectivity index (χ1) is 14.6. The van der Waals surface area contributed by atoms with Gasteiger partial charge in [-0.25, -0.2) is 4.79 Å². The Morgan fingerprint density at radius 1 is 1.03 bits per heavy atom. The Morgan fingerprint density at radius 3 is 2.39 bits per heavy atom. The van der Waals surface area contributed by atoms with Crippen LogP contribution in [0.15, 0.2) is 0 Å². The predicted molar refractivity (Wildman–Crippen MR) is 104 cm³/mol. The van der Waals surface area contributed by atoms with Gasteiger partial charge in [-0.1, -0.05) is 13.3 Å². The number of fused-ring (bicyclic) bond motifs is 1. The number of rotatable bonds is 9. The molecule has 0 aromatic carbocycles. The SMILES string of the molecule is CCC(C)(CCCC(C)(C)C(=O)OC1COC(=O)O1)C(=O)OC1COC2C(O)COC12. The third-order valence-corrected chi connectivity index (χ3v) is 6.40. The normalized spacial score (nSPS) is 32.0. The molecule has 0 radical (unpaired) electrons. The number of cyclic esters (lactones) is 2. The third kappa shape index (κ3) is 5.30. The predicted octanol–water partition coefficient (Wildman–Crippen LogP) is 1.71. The van der Waals surface area contributed by atoms with Crippen LogP contribution in [0.5, 0.6) is 0 Å². The first-order valence-electron chi connectivity index (χ1n) is 10.7. The van der Waals surface area contributed by atoms with Gasteiger partial charge in [-0.3, -0.25) is 9.59 Å². The molecule has 10 nitrogen and oxygen atoms in total. The number of ether oxygens (including phenoxy) is 6. The van der Waals surface area contributed by atoms with Crippen molar-refractivity contribution in [3.63, 3.8) is 0 Å². The molecule has 3 aliphatic rings. The van der Waals surface area contributed by atoms with Crippen LogP contribution >= 0.6 is 0 Å². The van der Waals surface area contributed by atoms with Crippen molar-refractivity contribution >= 4 is 18.1 Å². The standard InChI is InChI=1S/C21H32O10/c1-5-21(4,18(24)29-13-10-27-15-12(22)9-26-16(13)15)8-6-7-20(2,3)17(23)30-14-11-28-19(25)31-14/h12-16,22H,5-11H2,1-4H3. The molecule has 3 aliphatic heterocycles. The first-order valence-corrected chi connectivity index (χ1v) is 10.7. The van der Waals surface area contributed by atoms with Crippen molar-refractivity contribution in [2.45, 2.75) is 84.1 Å². The van der Waals surface area contributed by atoms with Crippen molar-refractivity contribution in [2.24, 2.45) is 10.8 Å². The van der Waals surface area contributed by atoms with Crippen LogP contribution in [0.25, 0.3) is 0 Å². The van der Waals surface area contributed by atoms with E-state index in [4.69, 9.17) is 23.7 Å². The second-order valence-corrected chi connectivity index (χ2v) is 9.27. The molecule has 3 rings (SSSR count). The van der Waals surface area contributed by atoms with Crippen LogP contribution in [-0.2, 0) is 38.0 Å². The highest BCUT2D eigenvalue weighted by Crippen LogP contribution is 2.36. The first kappa shape index (κ1) is 23.7. The molecule has 0 saturated carbocycles. The maximum absolute atomic E-state index is 12.9. The molecule has 0 aliphatic carbocycles. The molecule has 3 saturated heterocycles. The summed E-state index contributed by atoms with van der Waals surface area (Å²) < 4.78 is 31.3. The third-order valence-electron chi connectivity index (χ3n) is 6.40. The summed E-state index contributed by atoms with van der Waals surface area (Å²) >= 11 is 0. The summed E-state index contributed by atoms with van der Waals surface area (Å²) in [5.41, 5.74) is -1.56. The maximum Gasteiger partial charge on any atom is 0.511 e. The monoisotopic (exact) mass is 444 g/mol. The summed E-state index contributed by atoms with van der Waals surface area (Å²) in [5.74, 6) is -0.840. The maximum atomic E-state index is 12.9. The summed E-state index contributed by atoms with van der Waals surface area (Å²) in [7, 11) is 0. The van der Waals surface area contributed by atoms with Gasteiger partial charge in [0, 0.05) is 0 Å². The topological polar surface area (TPSA) is 127 Å². The summed E-state index contributed by atoms with van der Waals surface area (Å²) in [6, 6.07) is 0. The van der Waals surface area contributed by atoms with E-state index in [0.717, 1.165) is 0 Å². The average Bonchev–Trinajstić information content (AvgIpc) is 3.40. The van der Waals surface area contributed by atoms with E-state index in [0.29, 0.717) is 25.7 Å². The average molecular weight is 444 g/mol. The van der Waals surface area contributed by atoms with Crippen molar-refractivity contribution in [2.75, 3.05) is 19.8 Å². The lowest BCUT2D eigenvalue weighted by Gasteiger charge is -2.30. The highest BCUT2D eigenvalue weighted by molar-refractivity contribution is 5.77. The molecular weight excluding hydrogens is 412 g/mol. The summed E-state index contributed by atoms with van der Waals surface area (Å²) in [6.45, 7) is 7.50. The Labute approximate surface area is 181 Å². The number of aliphatic hydroxyl groups excluding tert-OH is 1. The van der Waals surface area contributed by atoms with Gasteiger partial charge in [-0.2, -0.15) is 0 Å². The van der Waals surface area contributed by atoms with Crippen LogP contribution in [0.3, 0.4) is 0 Å². The van der Waals surface area contributed by atoms with Crippen molar-refractivity contribution in [1.82, 2.24) is 0 Å². The van der Waals surface area contributed by atoms with Crippen molar-refractivity contribution in [3.8, 4) is 0 Å². The largest absolute Gasteiger partial charge is 0.511 e. The fourth-order valence-electron chi connectivity index (χ4n) is 3.92. The second kappa shape index (κ2) is 9.30. The lowest BCUT2D eigenvalue weighted by Crippen LogP contribution is -2.39. The highest BCUT2D eigenvalue weighted by Gasteiger charge is 2.50. The Balaban J connectivity index is 1.48. The molecule has 31 heavy (non-hydrogen) atoms. The molecule has 176 valence electrons. The Morgan fingerprint density at radius 2 is 1.74 bits per heavy atom. The van der Waals surface area contributed by atoms with E-state index < -0.39 is 53.7 Å². The van der Waals surface area contributed by atoms with Crippen LogP contribution in [0, 0.1) is 10.8 Å². The molecule has 6 atom stereocenters. The molecule has 0 amide bonds. The molecule has 0 bridgehead atoms. The van der Waals surface area contributed by atoms with Gasteiger partial charge in [0.25, 0.3) is 6.29 Å². The number of aliphatic hydroxyl groups is 1. The van der Waals surface area contributed by atoms with E-state index in [9.17, 15) is 19.5 Å². The summed E-state index contributed by atoms with van der Waals surface area (Å²) in [4.78, 5) is 36.3. The molecule has 3 fully saturated rings. The number of hydrogen-bond acceptors (Lipinski definition) is 10. The van der Waals surface area contributed by atoms with Crippen LogP contribution in [0.1, 0.15) is 53.4 Å². The van der Waals surface area contributed by atoms with E-state index in [1.165, 1.54) is 0 Å². The molecule has 1 N–H and O–H groups in total. The van der Waals surface area contributed by atoms with E-state index in [-0.39, 0.29) is 25.8 Å². The zero-order valence-electron chi connectivity index (χ0n) is 18.5. The fourth-order valence-corrected chi connectivity index (χ4v) is 3.92. The minimum atomic E-state index is -1.02. The minimum Gasteiger partial charge on any atom is -0.457 e. The highest BCUT2D eigenvalue weighted by atomic mass is 16.8. The van der Waals surface area contributed by atoms with Crippen molar-refractivity contribution in [1.29, 1.82) is 0 Å². The van der Waals surface area contributed by atoms with Crippen LogP contribution < -0.4 is 0 Å². The van der Waals surface area contributed by atoms with Crippen LogP contribution in [0.2, 0.25) is 0 Å². The minimum absolute atomic E-state index is 0.117. The molecule has 3 heterocycles. The number of hydrogen-bond donors (Lipinski definition) is 1. The van der Waals surface area contributed by atoms with Gasteiger partial charge in [0.1, 0.15) is 18.3 Å². The smallest absolute Gasteiger partial charge is 0.457 e. The number of esters is 2. The fraction of sp³-hybridized carbons (Fsp3) is 0.857. The Hall–Kier alpha value is -1.91. The van der Waals surface area contributed by atoms with E-state index in [1.807, 2.05) is 13.8 Å². The molecule has 0 aromatic rings. The van der Waals surface area contributed by atoms with Crippen molar-refractivity contribution < 1.29 is 47.9 Å². The number of carbonyl (C=O) groups is 3. The van der Waals surface area contributed by atoms with Crippen LogP contribution in [0.4, 0.5) is 4.79 Å². The quantitative estimate of drug-likeness (QED) is 0.415. The van der Waals surface area contributed by atoms with Gasteiger partial charge in [0.15, 0.2) is 12.7 Å². The van der Waals surface area contributed by atoms with E-state index >= 15 is 0 Å².